The standard InChI is InChI=1S/C19H18FNO4/c1-25-17-7-2-11(8-16(17)19(23)24)10-21-18(22)15-9-14(15)12-3-5-13(20)6-4-12/h2-8,14-15H,9-10H2,1H3,(H,21,22)(H,23,24)/t14-,15+/m1/s1. The number of amides is 1. The van der Waals surface area contributed by atoms with Crippen molar-refractivity contribution in [2.75, 3.05) is 7.11 Å². The van der Waals surface area contributed by atoms with Crippen LogP contribution in [0.4, 0.5) is 4.39 Å². The van der Waals surface area contributed by atoms with Crippen LogP contribution in [-0.2, 0) is 11.3 Å². The zero-order chi connectivity index (χ0) is 18.0. The van der Waals surface area contributed by atoms with Gasteiger partial charge >= 0.3 is 5.97 Å². The van der Waals surface area contributed by atoms with Gasteiger partial charge in [0.1, 0.15) is 17.1 Å². The normalized spacial score (nSPS) is 18.5. The highest BCUT2D eigenvalue weighted by molar-refractivity contribution is 5.91. The Morgan fingerprint density at radius 1 is 1.24 bits per heavy atom. The Labute approximate surface area is 144 Å². The van der Waals surface area contributed by atoms with Gasteiger partial charge in [-0.2, -0.15) is 0 Å². The lowest BCUT2D eigenvalue weighted by Gasteiger charge is -2.09. The van der Waals surface area contributed by atoms with E-state index in [0.717, 1.165) is 12.0 Å². The second-order valence-electron chi connectivity index (χ2n) is 6.06. The van der Waals surface area contributed by atoms with Gasteiger partial charge < -0.3 is 15.2 Å². The zero-order valence-corrected chi connectivity index (χ0v) is 13.7. The smallest absolute Gasteiger partial charge is 0.339 e. The Bertz CT molecular complexity index is 804. The molecule has 2 aromatic rings. The average molecular weight is 343 g/mol. The molecule has 5 nitrogen and oxygen atoms in total. The lowest BCUT2D eigenvalue weighted by atomic mass is 10.1. The van der Waals surface area contributed by atoms with Crippen molar-refractivity contribution < 1.29 is 23.8 Å². The second kappa shape index (κ2) is 6.93. The molecular weight excluding hydrogens is 325 g/mol. The number of hydrogen-bond acceptors (Lipinski definition) is 3. The summed E-state index contributed by atoms with van der Waals surface area (Å²) in [7, 11) is 1.41. The largest absolute Gasteiger partial charge is 0.496 e. The highest BCUT2D eigenvalue weighted by Gasteiger charge is 2.43. The first kappa shape index (κ1) is 17.0. The van der Waals surface area contributed by atoms with Gasteiger partial charge in [0.25, 0.3) is 0 Å². The zero-order valence-electron chi connectivity index (χ0n) is 13.7. The van der Waals surface area contributed by atoms with Crippen LogP contribution in [0.1, 0.15) is 33.8 Å². The summed E-state index contributed by atoms with van der Waals surface area (Å²) in [5, 5.41) is 12.0. The van der Waals surface area contributed by atoms with Crippen LogP contribution in [0.25, 0.3) is 0 Å². The first-order valence-electron chi connectivity index (χ1n) is 7.93. The van der Waals surface area contributed by atoms with Crippen LogP contribution >= 0.6 is 0 Å². The summed E-state index contributed by atoms with van der Waals surface area (Å²) >= 11 is 0. The Morgan fingerprint density at radius 3 is 2.60 bits per heavy atom. The number of benzene rings is 2. The molecule has 0 bridgehead atoms. The van der Waals surface area contributed by atoms with Gasteiger partial charge in [0, 0.05) is 12.5 Å². The fourth-order valence-electron chi connectivity index (χ4n) is 2.92. The van der Waals surface area contributed by atoms with Crippen LogP contribution in [0, 0.1) is 11.7 Å². The summed E-state index contributed by atoms with van der Waals surface area (Å²) in [5.41, 5.74) is 1.70. The molecular formula is C19H18FNO4. The summed E-state index contributed by atoms with van der Waals surface area (Å²) in [4.78, 5) is 23.5. The fourth-order valence-corrected chi connectivity index (χ4v) is 2.92. The third-order valence-corrected chi connectivity index (χ3v) is 4.39. The van der Waals surface area contributed by atoms with E-state index >= 15 is 0 Å². The number of hydrogen-bond donors (Lipinski definition) is 2. The van der Waals surface area contributed by atoms with Crippen LogP contribution in [-0.4, -0.2) is 24.1 Å². The van der Waals surface area contributed by atoms with Crippen LogP contribution in [0.2, 0.25) is 0 Å². The van der Waals surface area contributed by atoms with Crippen LogP contribution in [0.15, 0.2) is 42.5 Å². The van der Waals surface area contributed by atoms with Crippen LogP contribution in [0.3, 0.4) is 0 Å². The molecule has 130 valence electrons. The van der Waals surface area contributed by atoms with E-state index in [2.05, 4.69) is 5.32 Å². The number of nitrogens with one attached hydrogen (secondary N) is 1. The molecule has 0 heterocycles. The van der Waals surface area contributed by atoms with Crippen molar-refractivity contribution in [2.45, 2.75) is 18.9 Å². The molecule has 1 aliphatic carbocycles. The molecule has 3 rings (SSSR count). The van der Waals surface area contributed by atoms with Crippen LogP contribution < -0.4 is 10.1 Å². The van der Waals surface area contributed by atoms with Crippen molar-refractivity contribution in [1.29, 1.82) is 0 Å². The first-order chi connectivity index (χ1) is 12.0. The van der Waals surface area contributed by atoms with Crippen molar-refractivity contribution in [2.24, 2.45) is 5.92 Å². The lowest BCUT2D eigenvalue weighted by molar-refractivity contribution is -0.122. The Kier molecular flexibility index (Phi) is 4.70. The Balaban J connectivity index is 1.59. The summed E-state index contributed by atoms with van der Waals surface area (Å²) in [6, 6.07) is 11.0. The molecule has 0 spiro atoms. The van der Waals surface area contributed by atoms with Crippen molar-refractivity contribution >= 4 is 11.9 Å². The summed E-state index contributed by atoms with van der Waals surface area (Å²) in [5.74, 6) is -1.18. The minimum Gasteiger partial charge on any atom is -0.496 e. The van der Waals surface area contributed by atoms with E-state index in [1.165, 1.54) is 25.3 Å². The predicted octanol–water partition coefficient (Wildman–Crippen LogP) is 2.95. The molecule has 0 aliphatic heterocycles. The lowest BCUT2D eigenvalue weighted by Crippen LogP contribution is -2.25. The maximum Gasteiger partial charge on any atom is 0.339 e. The maximum atomic E-state index is 12.9. The first-order valence-corrected chi connectivity index (χ1v) is 7.93. The topological polar surface area (TPSA) is 75.6 Å². The van der Waals surface area contributed by atoms with Gasteiger partial charge in [0.15, 0.2) is 0 Å². The third kappa shape index (κ3) is 3.79. The molecule has 1 aliphatic rings. The molecule has 0 unspecified atom stereocenters. The van der Waals surface area contributed by atoms with E-state index in [9.17, 15) is 19.1 Å². The summed E-state index contributed by atoms with van der Waals surface area (Å²) in [6.07, 6.45) is 0.737. The number of ether oxygens (including phenoxy) is 1. The minimum absolute atomic E-state index is 0.0601. The number of aromatic carboxylic acids is 1. The molecule has 2 aromatic carbocycles. The van der Waals surface area contributed by atoms with Gasteiger partial charge in [0.05, 0.1) is 7.11 Å². The molecule has 2 atom stereocenters. The number of halogens is 1. The van der Waals surface area contributed by atoms with E-state index in [1.54, 1.807) is 24.3 Å². The summed E-state index contributed by atoms with van der Waals surface area (Å²) < 4.78 is 18.0. The third-order valence-electron chi connectivity index (χ3n) is 4.39. The van der Waals surface area contributed by atoms with E-state index in [0.29, 0.717) is 5.56 Å². The molecule has 6 heteroatoms. The van der Waals surface area contributed by atoms with E-state index < -0.39 is 5.97 Å². The number of carbonyl (C=O) groups is 2. The summed E-state index contributed by atoms with van der Waals surface area (Å²) in [6.45, 7) is 0.246. The molecule has 1 saturated carbocycles. The van der Waals surface area contributed by atoms with E-state index in [-0.39, 0.29) is 41.4 Å². The van der Waals surface area contributed by atoms with Crippen molar-refractivity contribution in [1.82, 2.24) is 5.32 Å². The van der Waals surface area contributed by atoms with E-state index in [4.69, 9.17) is 4.74 Å². The number of methoxy groups -OCH3 is 1. The molecule has 1 fully saturated rings. The van der Waals surface area contributed by atoms with Crippen molar-refractivity contribution in [3.63, 3.8) is 0 Å². The monoisotopic (exact) mass is 343 g/mol. The number of carboxylic acids is 1. The molecule has 1 amide bonds. The van der Waals surface area contributed by atoms with Gasteiger partial charge in [-0.15, -0.1) is 0 Å². The van der Waals surface area contributed by atoms with Gasteiger partial charge in [-0.3, -0.25) is 4.79 Å². The van der Waals surface area contributed by atoms with Gasteiger partial charge in [-0.25, -0.2) is 9.18 Å². The highest BCUT2D eigenvalue weighted by atomic mass is 19.1. The number of rotatable bonds is 6. The number of carbonyl (C=O) groups excluding carboxylic acids is 1. The highest BCUT2D eigenvalue weighted by Crippen LogP contribution is 2.47. The van der Waals surface area contributed by atoms with Gasteiger partial charge in [-0.05, 0) is 47.7 Å². The Morgan fingerprint density at radius 2 is 1.96 bits per heavy atom. The molecule has 0 aromatic heterocycles. The second-order valence-corrected chi connectivity index (χ2v) is 6.06. The maximum absolute atomic E-state index is 12.9. The average Bonchev–Trinajstić information content (AvgIpc) is 3.40. The van der Waals surface area contributed by atoms with Crippen LogP contribution in [0.5, 0.6) is 5.75 Å². The predicted molar refractivity (Wildman–Crippen MR) is 89.0 cm³/mol. The van der Waals surface area contributed by atoms with Crippen molar-refractivity contribution in [3.8, 4) is 5.75 Å². The fraction of sp³-hybridized carbons (Fsp3) is 0.263. The minimum atomic E-state index is -1.08. The molecule has 0 saturated heterocycles. The SMILES string of the molecule is COc1ccc(CNC(=O)[C@H]2C[C@@H]2c2ccc(F)cc2)cc1C(=O)O. The van der Waals surface area contributed by atoms with Gasteiger partial charge in [0.2, 0.25) is 5.91 Å². The van der Waals surface area contributed by atoms with Gasteiger partial charge in [-0.1, -0.05) is 18.2 Å². The van der Waals surface area contributed by atoms with E-state index in [1.807, 2.05) is 0 Å². The number of carboxylic acid groups (broad SMARTS) is 1. The molecule has 2 N–H and O–H groups in total. The molecule has 25 heavy (non-hydrogen) atoms. The Hall–Kier alpha value is -2.89. The quantitative estimate of drug-likeness (QED) is 0.845. The van der Waals surface area contributed by atoms with Crippen molar-refractivity contribution in [3.05, 3.63) is 65.0 Å². The molecule has 0 radical (unpaired) electrons.